The summed E-state index contributed by atoms with van der Waals surface area (Å²) < 4.78 is 16.7. The van der Waals surface area contributed by atoms with E-state index in [9.17, 15) is 4.79 Å². The molecule has 0 saturated heterocycles. The fraction of sp³-hybridized carbons (Fsp3) is 0.160. The summed E-state index contributed by atoms with van der Waals surface area (Å²) in [5.74, 6) is 1.23. The van der Waals surface area contributed by atoms with Crippen LogP contribution in [-0.4, -0.2) is 13.1 Å². The molecule has 3 aromatic rings. The first kappa shape index (κ1) is 21.5. The molecular weight excluding hydrogens is 400 g/mol. The fourth-order valence-corrected chi connectivity index (χ4v) is 3.10. The van der Waals surface area contributed by atoms with Crippen molar-refractivity contribution >= 4 is 23.6 Å². The molecule has 0 atom stereocenters. The molecule has 3 aromatic carbocycles. The van der Waals surface area contributed by atoms with Crippen LogP contribution in [0.3, 0.4) is 0 Å². The number of rotatable bonds is 7. The molecule has 0 heterocycles. The van der Waals surface area contributed by atoms with Crippen molar-refractivity contribution in [3.63, 3.8) is 0 Å². The van der Waals surface area contributed by atoms with E-state index in [-0.39, 0.29) is 0 Å². The molecule has 4 nitrogen and oxygen atoms in total. The first-order valence-electron chi connectivity index (χ1n) is 9.47. The Labute approximate surface area is 181 Å². The number of esters is 1. The van der Waals surface area contributed by atoms with Crippen LogP contribution in [0.1, 0.15) is 22.3 Å². The van der Waals surface area contributed by atoms with Gasteiger partial charge in [0.1, 0.15) is 12.4 Å². The Balaban J connectivity index is 1.66. The van der Waals surface area contributed by atoms with Gasteiger partial charge in [0.05, 0.1) is 7.11 Å². The SMILES string of the molecule is COc1cc(/C=C/C(=O)Oc2ccc(Cl)cc2C)ccc1OCc1ccccc1C. The molecule has 0 aliphatic rings. The van der Waals surface area contributed by atoms with Crippen LogP contribution in [0.25, 0.3) is 6.08 Å². The van der Waals surface area contributed by atoms with Gasteiger partial charge in [0.15, 0.2) is 11.5 Å². The highest BCUT2D eigenvalue weighted by Gasteiger charge is 2.08. The molecule has 5 heteroatoms. The van der Waals surface area contributed by atoms with E-state index in [1.807, 2.05) is 43.3 Å². The second-order valence-electron chi connectivity index (χ2n) is 6.79. The Morgan fingerprint density at radius 1 is 0.933 bits per heavy atom. The maximum atomic E-state index is 12.1. The Kier molecular flexibility index (Phi) is 7.15. The summed E-state index contributed by atoms with van der Waals surface area (Å²) in [6.45, 7) is 4.33. The molecule has 154 valence electrons. The predicted octanol–water partition coefficient (Wildman–Crippen LogP) is 6.16. The van der Waals surface area contributed by atoms with E-state index in [1.54, 1.807) is 31.4 Å². The minimum atomic E-state index is -0.473. The minimum Gasteiger partial charge on any atom is -0.493 e. The molecule has 0 radical (unpaired) electrons. The molecule has 0 fully saturated rings. The number of benzene rings is 3. The van der Waals surface area contributed by atoms with Gasteiger partial charge in [-0.15, -0.1) is 0 Å². The Bertz CT molecular complexity index is 1070. The zero-order valence-electron chi connectivity index (χ0n) is 17.1. The maximum Gasteiger partial charge on any atom is 0.336 e. The molecular formula is C25H23ClO4. The van der Waals surface area contributed by atoms with Crippen LogP contribution in [0.5, 0.6) is 17.2 Å². The van der Waals surface area contributed by atoms with Crippen LogP contribution < -0.4 is 14.2 Å². The van der Waals surface area contributed by atoms with Crippen LogP contribution >= 0.6 is 11.6 Å². The Hall–Kier alpha value is -3.24. The van der Waals surface area contributed by atoms with Crippen molar-refractivity contribution in [1.82, 2.24) is 0 Å². The van der Waals surface area contributed by atoms with Crippen molar-refractivity contribution in [3.8, 4) is 17.2 Å². The van der Waals surface area contributed by atoms with Gasteiger partial charge in [-0.2, -0.15) is 0 Å². The van der Waals surface area contributed by atoms with Crippen LogP contribution in [0.4, 0.5) is 0 Å². The van der Waals surface area contributed by atoms with Crippen molar-refractivity contribution in [2.24, 2.45) is 0 Å². The molecule has 30 heavy (non-hydrogen) atoms. The summed E-state index contributed by atoms with van der Waals surface area (Å²) in [7, 11) is 1.58. The highest BCUT2D eigenvalue weighted by atomic mass is 35.5. The Morgan fingerprint density at radius 2 is 1.70 bits per heavy atom. The standard InChI is InChI=1S/C25H23ClO4/c1-17-6-4-5-7-20(17)16-29-23-11-8-19(15-24(23)28-3)9-13-25(27)30-22-12-10-21(26)14-18(22)2/h4-15H,16H2,1-3H3/b13-9+. The van der Waals surface area contributed by atoms with Crippen LogP contribution in [0, 0.1) is 13.8 Å². The number of methoxy groups -OCH3 is 1. The summed E-state index contributed by atoms with van der Waals surface area (Å²) in [4.78, 5) is 12.1. The van der Waals surface area contributed by atoms with E-state index in [2.05, 4.69) is 13.0 Å². The predicted molar refractivity (Wildman–Crippen MR) is 119 cm³/mol. The van der Waals surface area contributed by atoms with E-state index < -0.39 is 5.97 Å². The number of carbonyl (C=O) groups is 1. The van der Waals surface area contributed by atoms with Crippen molar-refractivity contribution in [1.29, 1.82) is 0 Å². The molecule has 3 rings (SSSR count). The minimum absolute atomic E-state index is 0.449. The van der Waals surface area contributed by atoms with Crippen molar-refractivity contribution in [2.75, 3.05) is 7.11 Å². The van der Waals surface area contributed by atoms with Gasteiger partial charge in [-0.3, -0.25) is 0 Å². The summed E-state index contributed by atoms with van der Waals surface area (Å²) in [5.41, 5.74) is 3.87. The smallest absolute Gasteiger partial charge is 0.336 e. The molecule has 0 saturated carbocycles. The van der Waals surface area contributed by atoms with Crippen molar-refractivity contribution in [2.45, 2.75) is 20.5 Å². The molecule has 0 N–H and O–H groups in total. The first-order chi connectivity index (χ1) is 14.5. The third-order valence-electron chi connectivity index (χ3n) is 4.59. The molecule has 0 amide bonds. The van der Waals surface area contributed by atoms with E-state index in [0.29, 0.717) is 28.9 Å². The van der Waals surface area contributed by atoms with Crippen molar-refractivity contribution < 1.29 is 19.0 Å². The monoisotopic (exact) mass is 422 g/mol. The molecule has 0 bridgehead atoms. The molecule has 0 aliphatic carbocycles. The number of carbonyl (C=O) groups excluding carboxylic acids is 1. The second kappa shape index (κ2) is 9.99. The van der Waals surface area contributed by atoms with Crippen LogP contribution in [-0.2, 0) is 11.4 Å². The van der Waals surface area contributed by atoms with Gasteiger partial charge in [0.25, 0.3) is 0 Å². The third kappa shape index (κ3) is 5.65. The first-order valence-corrected chi connectivity index (χ1v) is 9.85. The van der Waals surface area contributed by atoms with Gasteiger partial charge >= 0.3 is 5.97 Å². The van der Waals surface area contributed by atoms with Crippen LogP contribution in [0.15, 0.2) is 66.7 Å². The highest BCUT2D eigenvalue weighted by molar-refractivity contribution is 6.30. The lowest BCUT2D eigenvalue weighted by atomic mass is 10.1. The van der Waals surface area contributed by atoms with Gasteiger partial charge in [-0.1, -0.05) is 41.9 Å². The van der Waals surface area contributed by atoms with Gasteiger partial charge in [0, 0.05) is 11.1 Å². The largest absolute Gasteiger partial charge is 0.493 e. The summed E-state index contributed by atoms with van der Waals surface area (Å²) in [6.07, 6.45) is 3.04. The molecule has 0 aliphatic heterocycles. The second-order valence-corrected chi connectivity index (χ2v) is 7.23. The van der Waals surface area contributed by atoms with Gasteiger partial charge in [0.2, 0.25) is 0 Å². The lowest BCUT2D eigenvalue weighted by molar-refractivity contribution is -0.128. The summed E-state index contributed by atoms with van der Waals surface area (Å²) in [6, 6.07) is 18.7. The number of hydrogen-bond donors (Lipinski definition) is 0. The fourth-order valence-electron chi connectivity index (χ4n) is 2.87. The zero-order valence-corrected chi connectivity index (χ0v) is 17.9. The average molecular weight is 423 g/mol. The van der Waals surface area contributed by atoms with E-state index in [4.69, 9.17) is 25.8 Å². The lowest BCUT2D eigenvalue weighted by Gasteiger charge is -2.12. The van der Waals surface area contributed by atoms with E-state index in [0.717, 1.165) is 16.7 Å². The highest BCUT2D eigenvalue weighted by Crippen LogP contribution is 2.29. The van der Waals surface area contributed by atoms with Crippen LogP contribution in [0.2, 0.25) is 5.02 Å². The quantitative estimate of drug-likeness (QED) is 0.260. The zero-order chi connectivity index (χ0) is 21.5. The Morgan fingerprint density at radius 3 is 2.43 bits per heavy atom. The summed E-state index contributed by atoms with van der Waals surface area (Å²) >= 11 is 5.92. The third-order valence-corrected chi connectivity index (χ3v) is 4.83. The lowest BCUT2D eigenvalue weighted by Crippen LogP contribution is -2.04. The maximum absolute atomic E-state index is 12.1. The summed E-state index contributed by atoms with van der Waals surface area (Å²) in [5, 5.41) is 0.597. The topological polar surface area (TPSA) is 44.8 Å². The number of ether oxygens (including phenoxy) is 3. The van der Waals surface area contributed by atoms with Gasteiger partial charge in [-0.05, 0) is 72.5 Å². The number of halogens is 1. The average Bonchev–Trinajstić information content (AvgIpc) is 2.74. The van der Waals surface area contributed by atoms with E-state index >= 15 is 0 Å². The number of hydrogen-bond acceptors (Lipinski definition) is 4. The molecule has 0 spiro atoms. The normalized spacial score (nSPS) is 10.8. The molecule has 0 aromatic heterocycles. The van der Waals surface area contributed by atoms with Gasteiger partial charge < -0.3 is 14.2 Å². The van der Waals surface area contributed by atoms with E-state index in [1.165, 1.54) is 11.6 Å². The molecule has 0 unspecified atom stereocenters. The van der Waals surface area contributed by atoms with Gasteiger partial charge in [-0.25, -0.2) is 4.79 Å². The van der Waals surface area contributed by atoms with Crippen molar-refractivity contribution in [3.05, 3.63) is 94.0 Å². The number of aryl methyl sites for hydroxylation is 2.